The zero-order valence-corrected chi connectivity index (χ0v) is 30.9. The highest BCUT2D eigenvalue weighted by Crippen LogP contribution is 2.70. The van der Waals surface area contributed by atoms with E-state index >= 15 is 0 Å². The van der Waals surface area contributed by atoms with E-state index in [-0.39, 0.29) is 23.0 Å². The molecule has 51 heavy (non-hydrogen) atoms. The normalized spacial score (nSPS) is 58.4. The molecule has 0 aromatic carbocycles. The first-order chi connectivity index (χ1) is 24.2. The minimum atomic E-state index is -1.61. The maximum Gasteiger partial charge on any atom is 0.187 e. The number of ether oxygens (including phenoxy) is 6. The van der Waals surface area contributed by atoms with Crippen molar-refractivity contribution in [2.24, 2.45) is 46.3 Å². The quantitative estimate of drug-likeness (QED) is 0.229. The van der Waals surface area contributed by atoms with E-state index in [2.05, 4.69) is 33.8 Å². The molecular weight excluding hydrogens is 660 g/mol. The molecule has 4 heterocycles. The summed E-state index contributed by atoms with van der Waals surface area (Å²) in [6, 6.07) is 0. The van der Waals surface area contributed by atoms with E-state index in [0.29, 0.717) is 41.9 Å². The molecule has 6 N–H and O–H groups in total. The lowest BCUT2D eigenvalue weighted by atomic mass is 9.47. The summed E-state index contributed by atoms with van der Waals surface area (Å²) in [5.74, 6) is 2.92. The summed E-state index contributed by atoms with van der Waals surface area (Å²) < 4.78 is 37.6. The first-order valence-corrected chi connectivity index (χ1v) is 19.8. The number of hydrogen-bond donors (Lipinski definition) is 6. The SMILES string of the molecule is C[C@@H]1CC[C@@]2(OC1)O[C@H]1C[C@H]3[C@@H]4CC=C5C[C@@H](O[C@@H]6O[C@H](CO)[C@@H](O)[C@H](O)[C@H]6O[C@@H]6O[C@@H](C)[C@H](O)[C@@H](O)[C@H]6O)CC[C@@]5(C)[C@H]4CC[C@]3(C)[C@H]1[C@@H]2C. The summed E-state index contributed by atoms with van der Waals surface area (Å²) >= 11 is 0. The molecule has 4 saturated heterocycles. The summed E-state index contributed by atoms with van der Waals surface area (Å²) in [7, 11) is 0. The van der Waals surface area contributed by atoms with Crippen molar-refractivity contribution in [3.8, 4) is 0 Å². The van der Waals surface area contributed by atoms with Crippen LogP contribution in [0.2, 0.25) is 0 Å². The van der Waals surface area contributed by atoms with Gasteiger partial charge in [-0.05, 0) is 98.7 Å². The van der Waals surface area contributed by atoms with Gasteiger partial charge in [-0.25, -0.2) is 0 Å². The third-order valence-corrected chi connectivity index (χ3v) is 15.6. The Bertz CT molecular complexity index is 1300. The van der Waals surface area contributed by atoms with Crippen molar-refractivity contribution in [2.45, 2.75) is 172 Å². The van der Waals surface area contributed by atoms with Crippen LogP contribution in [0, 0.1) is 46.3 Å². The molecule has 290 valence electrons. The molecule has 8 rings (SSSR count). The maximum absolute atomic E-state index is 11.1. The summed E-state index contributed by atoms with van der Waals surface area (Å²) in [5.41, 5.74) is 1.70. The molecule has 4 aliphatic carbocycles. The van der Waals surface area contributed by atoms with Crippen molar-refractivity contribution < 1.29 is 59.1 Å². The van der Waals surface area contributed by atoms with Crippen LogP contribution in [0.5, 0.6) is 0 Å². The van der Waals surface area contributed by atoms with E-state index in [1.165, 1.54) is 31.8 Å². The van der Waals surface area contributed by atoms with Crippen LogP contribution in [-0.4, -0.2) is 123 Å². The monoisotopic (exact) mass is 722 g/mol. The number of hydrogen-bond acceptors (Lipinski definition) is 12. The summed E-state index contributed by atoms with van der Waals surface area (Å²) in [5, 5.41) is 62.9. The highest BCUT2D eigenvalue weighted by Gasteiger charge is 2.68. The van der Waals surface area contributed by atoms with Crippen molar-refractivity contribution >= 4 is 0 Å². The van der Waals surface area contributed by atoms with E-state index in [1.54, 1.807) is 0 Å². The number of aliphatic hydroxyl groups excluding tert-OH is 6. The van der Waals surface area contributed by atoms with Crippen LogP contribution in [0.25, 0.3) is 0 Å². The van der Waals surface area contributed by atoms with E-state index < -0.39 is 73.8 Å². The van der Waals surface area contributed by atoms with Crippen LogP contribution < -0.4 is 0 Å². The smallest absolute Gasteiger partial charge is 0.187 e. The highest BCUT2D eigenvalue weighted by molar-refractivity contribution is 5.26. The Morgan fingerprint density at radius 1 is 0.824 bits per heavy atom. The van der Waals surface area contributed by atoms with Gasteiger partial charge in [0.15, 0.2) is 18.4 Å². The molecular formula is C39H62O12. The van der Waals surface area contributed by atoms with Crippen molar-refractivity contribution in [3.05, 3.63) is 11.6 Å². The van der Waals surface area contributed by atoms with Crippen LogP contribution in [0.15, 0.2) is 11.6 Å². The predicted octanol–water partition coefficient (Wildman–Crippen LogP) is 2.39. The standard InChI is InChI=1S/C39H62O12/c1-18-8-13-39(46-17-18)19(2)28-26(51-39)15-25-23-7-6-21-14-22(9-11-37(21,4)24(23)10-12-38(25,28)5)48-36-34(32(44)30(42)27(16-40)49-36)50-35-33(45)31(43)29(41)20(3)47-35/h6,18-20,22-36,40-45H,7-17H2,1-5H3/t18-,19+,20+,22+,23-,24+,25+,26+,27-,28+,29+,30-,31-,32+,33-,34-,35+,36-,37-,38+,39-/m1/s1. The van der Waals surface area contributed by atoms with Gasteiger partial charge in [-0.3, -0.25) is 0 Å². The Morgan fingerprint density at radius 3 is 2.33 bits per heavy atom. The molecule has 1 spiro atoms. The van der Waals surface area contributed by atoms with E-state index in [9.17, 15) is 30.6 Å². The molecule has 8 aliphatic rings. The Kier molecular flexibility index (Phi) is 9.83. The van der Waals surface area contributed by atoms with Gasteiger partial charge in [-0.2, -0.15) is 0 Å². The van der Waals surface area contributed by atoms with Gasteiger partial charge in [0.2, 0.25) is 0 Å². The first kappa shape index (κ1) is 37.2. The van der Waals surface area contributed by atoms with Gasteiger partial charge in [0, 0.05) is 12.3 Å². The fraction of sp³-hybridized carbons (Fsp3) is 0.949. The van der Waals surface area contributed by atoms with Crippen LogP contribution in [-0.2, 0) is 28.4 Å². The van der Waals surface area contributed by atoms with Gasteiger partial charge in [0.25, 0.3) is 0 Å². The minimum Gasteiger partial charge on any atom is -0.394 e. The lowest BCUT2D eigenvalue weighted by Gasteiger charge is -2.58. The summed E-state index contributed by atoms with van der Waals surface area (Å²) in [4.78, 5) is 0. The van der Waals surface area contributed by atoms with Crippen molar-refractivity contribution in [3.63, 3.8) is 0 Å². The van der Waals surface area contributed by atoms with Crippen molar-refractivity contribution in [1.29, 1.82) is 0 Å². The second kappa shape index (κ2) is 13.5. The molecule has 12 heteroatoms. The molecule has 4 aliphatic heterocycles. The van der Waals surface area contributed by atoms with E-state index in [4.69, 9.17) is 28.4 Å². The number of fused-ring (bicyclic) bond motifs is 7. The molecule has 12 nitrogen and oxygen atoms in total. The zero-order chi connectivity index (χ0) is 36.2. The molecule has 0 unspecified atom stereocenters. The molecule has 0 bridgehead atoms. The zero-order valence-electron chi connectivity index (χ0n) is 30.9. The lowest BCUT2D eigenvalue weighted by molar-refractivity contribution is -0.369. The number of rotatable bonds is 5. The maximum atomic E-state index is 11.1. The Labute approximate surface area is 301 Å². The molecule has 0 radical (unpaired) electrons. The fourth-order valence-electron chi connectivity index (χ4n) is 12.5. The lowest BCUT2D eigenvalue weighted by Crippen LogP contribution is -2.64. The second-order valence-electron chi connectivity index (χ2n) is 18.3. The third kappa shape index (κ3) is 5.84. The second-order valence-corrected chi connectivity index (χ2v) is 18.3. The fourth-order valence-corrected chi connectivity index (χ4v) is 12.5. The van der Waals surface area contributed by atoms with Gasteiger partial charge >= 0.3 is 0 Å². The summed E-state index contributed by atoms with van der Waals surface area (Å²) in [6.45, 7) is 11.5. The van der Waals surface area contributed by atoms with Crippen LogP contribution in [0.1, 0.15) is 92.4 Å². The van der Waals surface area contributed by atoms with Crippen LogP contribution in [0.3, 0.4) is 0 Å². The Morgan fingerprint density at radius 2 is 1.61 bits per heavy atom. The number of aliphatic hydroxyl groups is 6. The van der Waals surface area contributed by atoms with Crippen molar-refractivity contribution in [2.75, 3.05) is 13.2 Å². The molecule has 0 amide bonds. The minimum absolute atomic E-state index is 0.0535. The third-order valence-electron chi connectivity index (χ3n) is 15.6. The van der Waals surface area contributed by atoms with Crippen LogP contribution >= 0.6 is 0 Å². The molecule has 3 saturated carbocycles. The molecule has 0 aromatic rings. The average Bonchev–Trinajstić information content (AvgIpc) is 3.56. The van der Waals surface area contributed by atoms with Crippen molar-refractivity contribution in [1.82, 2.24) is 0 Å². The molecule has 21 atom stereocenters. The molecule has 7 fully saturated rings. The first-order valence-electron chi connectivity index (χ1n) is 19.8. The predicted molar refractivity (Wildman–Crippen MR) is 182 cm³/mol. The molecule has 0 aromatic heterocycles. The summed E-state index contributed by atoms with van der Waals surface area (Å²) in [6.07, 6.45) is -1.68. The Hall–Kier alpha value is -0.740. The van der Waals surface area contributed by atoms with Gasteiger partial charge in [-0.15, -0.1) is 0 Å². The number of allylic oxidation sites excluding steroid dienone is 1. The van der Waals surface area contributed by atoms with Gasteiger partial charge in [0.05, 0.1) is 31.5 Å². The van der Waals surface area contributed by atoms with Gasteiger partial charge < -0.3 is 59.1 Å². The van der Waals surface area contributed by atoms with Gasteiger partial charge in [0.1, 0.15) is 42.7 Å². The van der Waals surface area contributed by atoms with Crippen LogP contribution in [0.4, 0.5) is 0 Å². The van der Waals surface area contributed by atoms with Gasteiger partial charge in [-0.1, -0.05) is 39.3 Å². The van der Waals surface area contributed by atoms with E-state index in [1.807, 2.05) is 0 Å². The Balaban J connectivity index is 0.964. The average molecular weight is 723 g/mol. The topological polar surface area (TPSA) is 177 Å². The van der Waals surface area contributed by atoms with E-state index in [0.717, 1.165) is 38.7 Å². The highest BCUT2D eigenvalue weighted by atomic mass is 16.8. The largest absolute Gasteiger partial charge is 0.394 e.